The summed E-state index contributed by atoms with van der Waals surface area (Å²) in [5.74, 6) is 0. The summed E-state index contributed by atoms with van der Waals surface area (Å²) < 4.78 is 12.9. The van der Waals surface area contributed by atoms with Crippen LogP contribution in [0.4, 0.5) is 0 Å². The van der Waals surface area contributed by atoms with Crippen molar-refractivity contribution < 1.29 is 9.32 Å². The quantitative estimate of drug-likeness (QED) is 0.582. The fourth-order valence-corrected chi connectivity index (χ4v) is 0. The van der Waals surface area contributed by atoms with Crippen LogP contribution in [0.25, 0.3) is 0 Å². The molecule has 0 aromatic carbocycles. The second kappa shape index (κ2) is 36.4. The van der Waals surface area contributed by atoms with Crippen LogP contribution < -0.4 is 0 Å². The van der Waals surface area contributed by atoms with E-state index in [0.29, 0.717) is 0 Å². The molecular weight excluding hydrogens is 240 g/mol. The van der Waals surface area contributed by atoms with Crippen molar-refractivity contribution in [2.75, 3.05) is 0 Å². The molecule has 0 unspecified atom stereocenters. The zero-order valence-corrected chi connectivity index (χ0v) is 8.31. The number of hydrogen-bond acceptors (Lipinski definition) is 2. The standard InChI is InChI=1S/Ba.2ClHO/c;2*1-2/h;2*2H. The van der Waals surface area contributed by atoms with Crippen molar-refractivity contribution >= 4 is 72.6 Å². The molecule has 0 heterocycles. The van der Waals surface area contributed by atoms with Gasteiger partial charge in [-0.1, -0.05) is 0 Å². The molecule has 0 aliphatic heterocycles. The summed E-state index contributed by atoms with van der Waals surface area (Å²) in [7, 11) is 0. The Labute approximate surface area is 80.5 Å². The van der Waals surface area contributed by atoms with Gasteiger partial charge >= 0.3 is 0 Å². The number of halogens is 2. The third-order valence-corrected chi connectivity index (χ3v) is 0. The van der Waals surface area contributed by atoms with E-state index in [1.54, 1.807) is 0 Å². The predicted molar refractivity (Wildman–Crippen MR) is 21.9 cm³/mol. The van der Waals surface area contributed by atoms with E-state index in [9.17, 15) is 0 Å². The SMILES string of the molecule is OCl.OCl.[Ba]. The Hall–Kier alpha value is 2.07. The molecule has 0 aromatic heterocycles. The molecule has 0 amide bonds. The van der Waals surface area contributed by atoms with Gasteiger partial charge in [0.25, 0.3) is 0 Å². The van der Waals surface area contributed by atoms with E-state index in [1.165, 1.54) is 0 Å². The largest absolute Gasteiger partial charge is 0.295 e. The number of rotatable bonds is 0. The molecule has 0 spiro atoms. The first-order valence-electron chi connectivity index (χ1n) is 0.338. The molecule has 30 valence electrons. The molecule has 5 heteroatoms. The first-order valence-corrected chi connectivity index (χ1v) is 1.01. The molecule has 0 saturated heterocycles. The minimum absolute atomic E-state index is 0. The Bertz CT molecular complexity index is 7.61. The second-order valence-corrected chi connectivity index (χ2v) is 0. The van der Waals surface area contributed by atoms with Crippen LogP contribution in [0.2, 0.25) is 0 Å². The molecule has 0 bridgehead atoms. The first-order chi connectivity index (χ1) is 2.00. The van der Waals surface area contributed by atoms with Crippen LogP contribution >= 0.6 is 23.7 Å². The maximum absolute atomic E-state index is 6.47. The van der Waals surface area contributed by atoms with Gasteiger partial charge < -0.3 is 0 Å². The molecule has 0 rings (SSSR count). The van der Waals surface area contributed by atoms with Crippen LogP contribution in [0.1, 0.15) is 0 Å². The molecule has 2 radical (unpaired) electrons. The zero-order valence-electron chi connectivity index (χ0n) is 2.36. The van der Waals surface area contributed by atoms with E-state index in [4.69, 9.17) is 9.32 Å². The van der Waals surface area contributed by atoms with Gasteiger partial charge in [0.2, 0.25) is 0 Å². The topological polar surface area (TPSA) is 40.5 Å². The second-order valence-electron chi connectivity index (χ2n) is 0. The summed E-state index contributed by atoms with van der Waals surface area (Å²) in [6.45, 7) is 0. The van der Waals surface area contributed by atoms with Crippen LogP contribution in [0, 0.1) is 0 Å². The van der Waals surface area contributed by atoms with Gasteiger partial charge in [0.15, 0.2) is 0 Å². The molecule has 0 aliphatic rings. The first kappa shape index (κ1) is 15.7. The van der Waals surface area contributed by atoms with Crippen LogP contribution in [0.3, 0.4) is 0 Å². The van der Waals surface area contributed by atoms with Gasteiger partial charge in [0, 0.05) is 48.9 Å². The fraction of sp³-hybridized carbons (Fsp3) is 0. The van der Waals surface area contributed by atoms with Crippen LogP contribution in [0.5, 0.6) is 0 Å². The Kier molecular flexibility index (Phi) is 114. The smallest absolute Gasteiger partial charge is 0.0579 e. The minimum Gasteiger partial charge on any atom is -0.295 e. The average Bonchev–Trinajstić information content (AvgIpc) is 1.50. The van der Waals surface area contributed by atoms with E-state index in [0.717, 1.165) is 0 Å². The van der Waals surface area contributed by atoms with Crippen molar-refractivity contribution in [2.24, 2.45) is 0 Å². The van der Waals surface area contributed by atoms with E-state index < -0.39 is 0 Å². The maximum atomic E-state index is 6.47. The van der Waals surface area contributed by atoms with Crippen LogP contribution in [-0.4, -0.2) is 58.2 Å². The monoisotopic (exact) mass is 242 g/mol. The van der Waals surface area contributed by atoms with Gasteiger partial charge in [-0.2, -0.15) is 0 Å². The predicted octanol–water partition coefficient (Wildman–Crippen LogP) is -0.116. The van der Waals surface area contributed by atoms with Gasteiger partial charge in [0.05, 0.1) is 23.7 Å². The van der Waals surface area contributed by atoms with Crippen molar-refractivity contribution in [3.05, 3.63) is 0 Å². The molecule has 5 heavy (non-hydrogen) atoms. The van der Waals surface area contributed by atoms with E-state index in [2.05, 4.69) is 23.7 Å². The van der Waals surface area contributed by atoms with Gasteiger partial charge in [-0.05, 0) is 0 Å². The molecule has 2 nitrogen and oxygen atoms in total. The molecule has 0 fully saturated rings. The Morgan fingerprint density at radius 1 is 0.800 bits per heavy atom. The van der Waals surface area contributed by atoms with Gasteiger partial charge in [-0.15, -0.1) is 0 Å². The molecule has 0 atom stereocenters. The van der Waals surface area contributed by atoms with Crippen molar-refractivity contribution in [1.29, 1.82) is 0 Å². The van der Waals surface area contributed by atoms with Crippen LogP contribution in [-0.2, 0) is 0 Å². The Balaban J connectivity index is -0.0000000133. The van der Waals surface area contributed by atoms with E-state index >= 15 is 0 Å². The Morgan fingerprint density at radius 2 is 0.800 bits per heavy atom. The maximum Gasteiger partial charge on any atom is 0.0579 e. The summed E-state index contributed by atoms with van der Waals surface area (Å²) in [5, 5.41) is 0. The minimum atomic E-state index is 0. The van der Waals surface area contributed by atoms with Crippen LogP contribution in [0.15, 0.2) is 0 Å². The summed E-state index contributed by atoms with van der Waals surface area (Å²) in [6.07, 6.45) is 0. The average molecular weight is 242 g/mol. The molecular formula is H2BaCl2O2. The third-order valence-electron chi connectivity index (χ3n) is 0. The van der Waals surface area contributed by atoms with Crippen molar-refractivity contribution in [1.82, 2.24) is 0 Å². The molecule has 2 N–H and O–H groups in total. The van der Waals surface area contributed by atoms with E-state index in [1.807, 2.05) is 0 Å². The van der Waals surface area contributed by atoms with Crippen molar-refractivity contribution in [2.45, 2.75) is 0 Å². The van der Waals surface area contributed by atoms with Gasteiger partial charge in [0.1, 0.15) is 0 Å². The molecule has 0 aromatic rings. The summed E-state index contributed by atoms with van der Waals surface area (Å²) in [4.78, 5) is 0. The van der Waals surface area contributed by atoms with Crippen molar-refractivity contribution in [3.8, 4) is 0 Å². The van der Waals surface area contributed by atoms with E-state index in [-0.39, 0.29) is 48.9 Å². The van der Waals surface area contributed by atoms with Gasteiger partial charge in [-0.3, -0.25) is 9.32 Å². The zero-order chi connectivity index (χ0) is 4.00. The molecule has 0 saturated carbocycles. The van der Waals surface area contributed by atoms with Gasteiger partial charge in [-0.25, -0.2) is 0 Å². The van der Waals surface area contributed by atoms with Crippen molar-refractivity contribution in [3.63, 3.8) is 0 Å². The third kappa shape index (κ3) is 23.5. The Morgan fingerprint density at radius 3 is 0.800 bits per heavy atom. The summed E-state index contributed by atoms with van der Waals surface area (Å²) >= 11 is 7.28. The number of hydrogen-bond donors (Lipinski definition) is 2. The molecule has 0 aliphatic carbocycles. The normalized spacial score (nSPS) is 2.40. The summed E-state index contributed by atoms with van der Waals surface area (Å²) in [5.41, 5.74) is 0. The fourth-order valence-electron chi connectivity index (χ4n) is 0. The summed E-state index contributed by atoms with van der Waals surface area (Å²) in [6, 6.07) is 0.